The standard InChI is InChI=1S/C16H22N4O2/c1-3-5-15(21)10-17-16(22)12-6-4-7-13(8-12)19-14-9-18-20(2)11-14/h4,6-9,11,15,19,21H,3,5,10H2,1-2H3,(H,17,22). The van der Waals surface area contributed by atoms with Crippen molar-refractivity contribution in [2.24, 2.45) is 7.05 Å². The molecule has 1 aromatic carbocycles. The van der Waals surface area contributed by atoms with Crippen molar-refractivity contribution in [3.63, 3.8) is 0 Å². The molecule has 0 bridgehead atoms. The van der Waals surface area contributed by atoms with Gasteiger partial charge in [0.05, 0.1) is 18.0 Å². The molecule has 6 heteroatoms. The molecule has 0 aliphatic rings. The minimum atomic E-state index is -0.495. The molecule has 1 amide bonds. The predicted molar refractivity (Wildman–Crippen MR) is 86.2 cm³/mol. The monoisotopic (exact) mass is 302 g/mol. The summed E-state index contributed by atoms with van der Waals surface area (Å²) in [6.07, 6.45) is 4.65. The van der Waals surface area contributed by atoms with Gasteiger partial charge in [-0.2, -0.15) is 5.10 Å². The molecule has 118 valence electrons. The van der Waals surface area contributed by atoms with Crippen LogP contribution in [0.5, 0.6) is 0 Å². The molecular weight excluding hydrogens is 280 g/mol. The van der Waals surface area contributed by atoms with Crippen LogP contribution in [0.1, 0.15) is 30.1 Å². The predicted octanol–water partition coefficient (Wildman–Crippen LogP) is 2.05. The number of hydrogen-bond donors (Lipinski definition) is 3. The van der Waals surface area contributed by atoms with Crippen LogP contribution in [0.2, 0.25) is 0 Å². The van der Waals surface area contributed by atoms with Crippen LogP contribution in [0.15, 0.2) is 36.7 Å². The number of rotatable bonds is 7. The first-order valence-electron chi connectivity index (χ1n) is 7.40. The summed E-state index contributed by atoms with van der Waals surface area (Å²) in [5.74, 6) is -0.190. The fourth-order valence-corrected chi connectivity index (χ4v) is 2.14. The van der Waals surface area contributed by atoms with Crippen molar-refractivity contribution in [2.75, 3.05) is 11.9 Å². The molecule has 0 fully saturated rings. The van der Waals surface area contributed by atoms with E-state index in [1.165, 1.54) is 0 Å². The molecule has 0 saturated carbocycles. The van der Waals surface area contributed by atoms with Crippen LogP contribution in [-0.4, -0.2) is 33.4 Å². The number of aryl methyl sites for hydroxylation is 1. The van der Waals surface area contributed by atoms with Crippen LogP contribution in [0, 0.1) is 0 Å². The number of nitrogens with zero attached hydrogens (tertiary/aromatic N) is 2. The van der Waals surface area contributed by atoms with Crippen LogP contribution < -0.4 is 10.6 Å². The van der Waals surface area contributed by atoms with Crippen LogP contribution in [-0.2, 0) is 7.05 Å². The molecule has 1 aromatic heterocycles. The van der Waals surface area contributed by atoms with E-state index >= 15 is 0 Å². The van der Waals surface area contributed by atoms with Crippen molar-refractivity contribution in [1.82, 2.24) is 15.1 Å². The van der Waals surface area contributed by atoms with Crippen molar-refractivity contribution >= 4 is 17.3 Å². The summed E-state index contributed by atoms with van der Waals surface area (Å²) < 4.78 is 1.70. The highest BCUT2D eigenvalue weighted by atomic mass is 16.3. The summed E-state index contributed by atoms with van der Waals surface area (Å²) in [4.78, 5) is 12.1. The maximum atomic E-state index is 12.1. The largest absolute Gasteiger partial charge is 0.391 e. The maximum absolute atomic E-state index is 12.1. The lowest BCUT2D eigenvalue weighted by molar-refractivity contribution is 0.0910. The number of hydrogen-bond acceptors (Lipinski definition) is 4. The van der Waals surface area contributed by atoms with Crippen molar-refractivity contribution in [3.8, 4) is 0 Å². The topological polar surface area (TPSA) is 79.2 Å². The molecule has 6 nitrogen and oxygen atoms in total. The van der Waals surface area contributed by atoms with Crippen LogP contribution >= 0.6 is 0 Å². The van der Waals surface area contributed by atoms with E-state index in [-0.39, 0.29) is 12.5 Å². The van der Waals surface area contributed by atoms with Gasteiger partial charge in [-0.15, -0.1) is 0 Å². The lowest BCUT2D eigenvalue weighted by atomic mass is 10.1. The van der Waals surface area contributed by atoms with E-state index in [1.807, 2.05) is 32.3 Å². The number of carbonyl (C=O) groups is 1. The van der Waals surface area contributed by atoms with Crippen LogP contribution in [0.4, 0.5) is 11.4 Å². The minimum Gasteiger partial charge on any atom is -0.391 e. The Kier molecular flexibility index (Phi) is 5.55. The Labute approximate surface area is 130 Å². The number of aliphatic hydroxyl groups excluding tert-OH is 1. The fraction of sp³-hybridized carbons (Fsp3) is 0.375. The summed E-state index contributed by atoms with van der Waals surface area (Å²) in [5.41, 5.74) is 2.23. The zero-order valence-corrected chi connectivity index (χ0v) is 12.9. The Morgan fingerprint density at radius 1 is 1.41 bits per heavy atom. The average molecular weight is 302 g/mol. The number of nitrogens with one attached hydrogen (secondary N) is 2. The zero-order valence-electron chi connectivity index (χ0n) is 12.9. The second-order valence-electron chi connectivity index (χ2n) is 5.26. The van der Waals surface area contributed by atoms with Crippen molar-refractivity contribution in [2.45, 2.75) is 25.9 Å². The van der Waals surface area contributed by atoms with Crippen LogP contribution in [0.3, 0.4) is 0 Å². The van der Waals surface area contributed by atoms with E-state index < -0.39 is 6.10 Å². The third-order valence-corrected chi connectivity index (χ3v) is 3.24. The van der Waals surface area contributed by atoms with Crippen LogP contribution in [0.25, 0.3) is 0 Å². The van der Waals surface area contributed by atoms with Gasteiger partial charge >= 0.3 is 0 Å². The highest BCUT2D eigenvalue weighted by Crippen LogP contribution is 2.16. The number of anilines is 2. The first kappa shape index (κ1) is 16.0. The van der Waals surface area contributed by atoms with Gasteiger partial charge in [0.15, 0.2) is 0 Å². The van der Waals surface area contributed by atoms with E-state index in [2.05, 4.69) is 15.7 Å². The molecule has 0 aliphatic heterocycles. The normalized spacial score (nSPS) is 12.0. The smallest absolute Gasteiger partial charge is 0.251 e. The molecule has 0 aliphatic carbocycles. The number of carbonyl (C=O) groups excluding carboxylic acids is 1. The molecule has 2 rings (SSSR count). The van der Waals surface area contributed by atoms with Crippen molar-refractivity contribution in [3.05, 3.63) is 42.2 Å². The minimum absolute atomic E-state index is 0.190. The summed E-state index contributed by atoms with van der Waals surface area (Å²) in [7, 11) is 1.84. The number of aromatic nitrogens is 2. The van der Waals surface area contributed by atoms with E-state index in [1.54, 1.807) is 23.0 Å². The molecule has 1 heterocycles. The Balaban J connectivity index is 1.97. The molecular formula is C16H22N4O2. The van der Waals surface area contributed by atoms with Gasteiger partial charge in [-0.05, 0) is 24.6 Å². The van der Waals surface area contributed by atoms with Gasteiger partial charge < -0.3 is 15.7 Å². The highest BCUT2D eigenvalue weighted by molar-refractivity contribution is 5.95. The molecule has 2 aromatic rings. The van der Waals surface area contributed by atoms with E-state index in [0.29, 0.717) is 12.0 Å². The third kappa shape index (κ3) is 4.60. The van der Waals surface area contributed by atoms with E-state index in [9.17, 15) is 9.90 Å². The van der Waals surface area contributed by atoms with Gasteiger partial charge in [0.1, 0.15) is 0 Å². The van der Waals surface area contributed by atoms with E-state index in [4.69, 9.17) is 0 Å². The first-order valence-corrected chi connectivity index (χ1v) is 7.40. The Hall–Kier alpha value is -2.34. The van der Waals surface area contributed by atoms with Gasteiger partial charge in [0.25, 0.3) is 5.91 Å². The average Bonchev–Trinajstić information content (AvgIpc) is 2.90. The SMILES string of the molecule is CCCC(O)CNC(=O)c1cccc(Nc2cnn(C)c2)c1. The second kappa shape index (κ2) is 7.61. The fourth-order valence-electron chi connectivity index (χ4n) is 2.14. The number of aliphatic hydroxyl groups is 1. The molecule has 22 heavy (non-hydrogen) atoms. The van der Waals surface area contributed by atoms with Gasteiger partial charge in [0, 0.05) is 31.0 Å². The molecule has 3 N–H and O–H groups in total. The lowest BCUT2D eigenvalue weighted by Crippen LogP contribution is -2.31. The zero-order chi connectivity index (χ0) is 15.9. The molecule has 1 unspecified atom stereocenters. The quantitative estimate of drug-likeness (QED) is 0.731. The summed E-state index contributed by atoms with van der Waals surface area (Å²) in [5, 5.41) is 19.7. The molecule has 1 atom stereocenters. The maximum Gasteiger partial charge on any atom is 0.251 e. The Bertz CT molecular complexity index is 624. The van der Waals surface area contributed by atoms with Gasteiger partial charge in [-0.1, -0.05) is 19.4 Å². The van der Waals surface area contributed by atoms with E-state index in [0.717, 1.165) is 17.8 Å². The Morgan fingerprint density at radius 2 is 2.23 bits per heavy atom. The van der Waals surface area contributed by atoms with Crippen molar-refractivity contribution in [1.29, 1.82) is 0 Å². The first-order chi connectivity index (χ1) is 10.6. The van der Waals surface area contributed by atoms with Crippen molar-refractivity contribution < 1.29 is 9.90 Å². The molecule has 0 spiro atoms. The van der Waals surface area contributed by atoms with Gasteiger partial charge in [0.2, 0.25) is 0 Å². The second-order valence-corrected chi connectivity index (χ2v) is 5.26. The summed E-state index contributed by atoms with van der Waals surface area (Å²) >= 11 is 0. The lowest BCUT2D eigenvalue weighted by Gasteiger charge is -2.11. The highest BCUT2D eigenvalue weighted by Gasteiger charge is 2.09. The molecule has 0 radical (unpaired) electrons. The summed E-state index contributed by atoms with van der Waals surface area (Å²) in [6, 6.07) is 7.22. The number of benzene rings is 1. The van der Waals surface area contributed by atoms with Gasteiger partial charge in [-0.3, -0.25) is 9.48 Å². The summed E-state index contributed by atoms with van der Waals surface area (Å²) in [6.45, 7) is 2.27. The van der Waals surface area contributed by atoms with Gasteiger partial charge in [-0.25, -0.2) is 0 Å². The molecule has 0 saturated heterocycles. The Morgan fingerprint density at radius 3 is 2.91 bits per heavy atom. The number of amides is 1. The third-order valence-electron chi connectivity index (χ3n) is 3.24.